The number of nitrogens with one attached hydrogen (secondary N) is 1. The van der Waals surface area contributed by atoms with Gasteiger partial charge in [-0.1, -0.05) is 18.2 Å². The van der Waals surface area contributed by atoms with E-state index in [4.69, 9.17) is 9.72 Å². The zero-order valence-electron chi connectivity index (χ0n) is 21.8. The summed E-state index contributed by atoms with van der Waals surface area (Å²) in [5, 5.41) is 8.55. The van der Waals surface area contributed by atoms with Crippen molar-refractivity contribution in [2.75, 3.05) is 23.9 Å². The first-order valence-electron chi connectivity index (χ1n) is 12.5. The van der Waals surface area contributed by atoms with Crippen molar-refractivity contribution in [2.45, 2.75) is 19.9 Å². The van der Waals surface area contributed by atoms with Crippen LogP contribution in [0.3, 0.4) is 0 Å². The normalized spacial score (nSPS) is 11.6. The molecule has 12 heteroatoms. The van der Waals surface area contributed by atoms with Crippen LogP contribution in [-0.4, -0.2) is 51.8 Å². The van der Waals surface area contributed by atoms with E-state index in [0.717, 1.165) is 12.1 Å². The van der Waals surface area contributed by atoms with E-state index in [1.54, 1.807) is 49.8 Å². The number of fused-ring (bicyclic) bond motifs is 1. The number of aryl methyl sites for hydroxylation is 1. The van der Waals surface area contributed by atoms with Crippen LogP contribution in [-0.2, 0) is 22.8 Å². The third kappa shape index (κ3) is 6.07. The zero-order valence-corrected chi connectivity index (χ0v) is 22.6. The van der Waals surface area contributed by atoms with Crippen molar-refractivity contribution in [3.63, 3.8) is 0 Å². The SMILES string of the molecule is CCOc1cc(F)c(Cn2nc(-c3ncc(CCS(C)(=O)=O)c(Nc4ccncc4)n3)c3ccccc32)c(F)c1. The molecule has 0 fully saturated rings. The van der Waals surface area contributed by atoms with Crippen molar-refractivity contribution in [3.05, 3.63) is 89.9 Å². The molecular weight excluding hydrogens is 538 g/mol. The molecule has 9 nitrogen and oxygen atoms in total. The Hall–Kier alpha value is -4.45. The number of halogens is 2. The second kappa shape index (κ2) is 11.3. The van der Waals surface area contributed by atoms with Crippen molar-refractivity contribution >= 4 is 32.2 Å². The van der Waals surface area contributed by atoms with Gasteiger partial charge in [-0.15, -0.1) is 0 Å². The van der Waals surface area contributed by atoms with E-state index in [0.29, 0.717) is 33.7 Å². The first kappa shape index (κ1) is 27.1. The Morgan fingerprint density at radius 2 is 1.77 bits per heavy atom. The van der Waals surface area contributed by atoms with Crippen molar-refractivity contribution in [3.8, 4) is 17.3 Å². The van der Waals surface area contributed by atoms with Crippen molar-refractivity contribution < 1.29 is 21.9 Å². The van der Waals surface area contributed by atoms with Crippen LogP contribution in [0.4, 0.5) is 20.3 Å². The molecule has 0 aliphatic carbocycles. The average Bonchev–Trinajstić information content (AvgIpc) is 3.29. The summed E-state index contributed by atoms with van der Waals surface area (Å²) in [6.45, 7) is 1.86. The highest BCUT2D eigenvalue weighted by Gasteiger charge is 2.20. The highest BCUT2D eigenvalue weighted by atomic mass is 32.2. The van der Waals surface area contributed by atoms with Gasteiger partial charge in [0.1, 0.15) is 38.7 Å². The Morgan fingerprint density at radius 1 is 1.05 bits per heavy atom. The first-order chi connectivity index (χ1) is 19.2. The van der Waals surface area contributed by atoms with E-state index in [1.165, 1.54) is 10.9 Å². The molecule has 0 aliphatic heterocycles. The number of anilines is 2. The van der Waals surface area contributed by atoms with Gasteiger partial charge in [0.25, 0.3) is 0 Å². The quantitative estimate of drug-likeness (QED) is 0.254. The minimum absolute atomic E-state index is 0.0719. The first-order valence-corrected chi connectivity index (χ1v) is 14.5. The summed E-state index contributed by atoms with van der Waals surface area (Å²) in [5.74, 6) is -0.743. The lowest BCUT2D eigenvalue weighted by atomic mass is 10.1. The Labute approximate surface area is 229 Å². The maximum absolute atomic E-state index is 14.9. The topological polar surface area (TPSA) is 112 Å². The van der Waals surface area contributed by atoms with Gasteiger partial charge in [-0.3, -0.25) is 9.67 Å². The summed E-state index contributed by atoms with van der Waals surface area (Å²) in [5.41, 5.74) is 2.21. The molecule has 5 rings (SSSR count). The Bertz CT molecular complexity index is 1760. The fourth-order valence-electron chi connectivity index (χ4n) is 4.22. The summed E-state index contributed by atoms with van der Waals surface area (Å²) in [6, 6.07) is 13.1. The summed E-state index contributed by atoms with van der Waals surface area (Å²) < 4.78 is 60.1. The molecule has 1 N–H and O–H groups in total. The molecule has 0 atom stereocenters. The number of ether oxygens (including phenoxy) is 1. The van der Waals surface area contributed by atoms with Gasteiger partial charge in [-0.05, 0) is 31.5 Å². The highest BCUT2D eigenvalue weighted by molar-refractivity contribution is 7.90. The molecule has 2 aromatic carbocycles. The number of hydrogen-bond donors (Lipinski definition) is 1. The lowest BCUT2D eigenvalue weighted by molar-refractivity contribution is 0.335. The van der Waals surface area contributed by atoms with E-state index < -0.39 is 21.5 Å². The van der Waals surface area contributed by atoms with Crippen molar-refractivity contribution in [2.24, 2.45) is 0 Å². The average molecular weight is 565 g/mol. The maximum atomic E-state index is 14.9. The number of para-hydroxylation sites is 1. The molecule has 0 radical (unpaired) electrons. The summed E-state index contributed by atoms with van der Waals surface area (Å²) in [6.07, 6.45) is 6.19. The van der Waals surface area contributed by atoms with Gasteiger partial charge in [-0.25, -0.2) is 27.2 Å². The maximum Gasteiger partial charge on any atom is 0.182 e. The summed E-state index contributed by atoms with van der Waals surface area (Å²) in [7, 11) is -3.22. The molecule has 40 heavy (non-hydrogen) atoms. The molecule has 3 aromatic heterocycles. The van der Waals surface area contributed by atoms with E-state index in [-0.39, 0.29) is 42.5 Å². The number of hydrogen-bond acceptors (Lipinski definition) is 8. The number of nitrogens with zero attached hydrogens (tertiary/aromatic N) is 5. The fourth-order valence-corrected chi connectivity index (χ4v) is 4.81. The lowest BCUT2D eigenvalue weighted by Gasteiger charge is -2.12. The van der Waals surface area contributed by atoms with Gasteiger partial charge < -0.3 is 10.1 Å². The Kier molecular flexibility index (Phi) is 7.69. The van der Waals surface area contributed by atoms with Crippen LogP contribution in [0.15, 0.2) is 67.1 Å². The predicted molar refractivity (Wildman–Crippen MR) is 148 cm³/mol. The second-order valence-electron chi connectivity index (χ2n) is 9.13. The van der Waals surface area contributed by atoms with E-state index in [9.17, 15) is 17.2 Å². The summed E-state index contributed by atoms with van der Waals surface area (Å²) in [4.78, 5) is 13.2. The molecule has 3 heterocycles. The van der Waals surface area contributed by atoms with Crippen LogP contribution in [0.5, 0.6) is 5.75 Å². The predicted octanol–water partition coefficient (Wildman–Crippen LogP) is 4.94. The molecule has 0 amide bonds. The molecule has 0 bridgehead atoms. The van der Waals surface area contributed by atoms with Crippen LogP contribution in [0.25, 0.3) is 22.4 Å². The van der Waals surface area contributed by atoms with Gasteiger partial charge in [0, 0.05) is 59.2 Å². The van der Waals surface area contributed by atoms with Crippen LogP contribution in [0, 0.1) is 11.6 Å². The lowest BCUT2D eigenvalue weighted by Crippen LogP contribution is -2.10. The minimum Gasteiger partial charge on any atom is -0.494 e. The monoisotopic (exact) mass is 564 g/mol. The van der Waals surface area contributed by atoms with E-state index in [2.05, 4.69) is 20.4 Å². The third-order valence-electron chi connectivity index (χ3n) is 6.15. The smallest absolute Gasteiger partial charge is 0.182 e. The van der Waals surface area contributed by atoms with E-state index in [1.807, 2.05) is 12.1 Å². The van der Waals surface area contributed by atoms with Gasteiger partial charge >= 0.3 is 0 Å². The van der Waals surface area contributed by atoms with Crippen LogP contribution in [0.1, 0.15) is 18.1 Å². The highest BCUT2D eigenvalue weighted by Crippen LogP contribution is 2.30. The number of rotatable bonds is 10. The number of benzene rings is 2. The zero-order chi connectivity index (χ0) is 28.3. The molecule has 5 aromatic rings. The van der Waals surface area contributed by atoms with Crippen molar-refractivity contribution in [1.29, 1.82) is 0 Å². The van der Waals surface area contributed by atoms with Gasteiger partial charge in [0.2, 0.25) is 0 Å². The molecule has 0 saturated carbocycles. The van der Waals surface area contributed by atoms with E-state index >= 15 is 0 Å². The molecule has 206 valence electrons. The fraction of sp³-hybridized carbons (Fsp3) is 0.214. The Balaban J connectivity index is 1.56. The van der Waals surface area contributed by atoms with Crippen LogP contribution >= 0.6 is 0 Å². The van der Waals surface area contributed by atoms with Gasteiger partial charge in [-0.2, -0.15) is 5.10 Å². The number of sulfone groups is 1. The molecule has 0 aliphatic rings. The Morgan fingerprint density at radius 3 is 2.48 bits per heavy atom. The summed E-state index contributed by atoms with van der Waals surface area (Å²) >= 11 is 0. The number of pyridine rings is 1. The number of aromatic nitrogens is 5. The molecule has 0 unspecified atom stereocenters. The van der Waals surface area contributed by atoms with Crippen LogP contribution < -0.4 is 10.1 Å². The molecule has 0 saturated heterocycles. The van der Waals surface area contributed by atoms with Gasteiger partial charge in [0.05, 0.1) is 24.4 Å². The largest absolute Gasteiger partial charge is 0.494 e. The second-order valence-corrected chi connectivity index (χ2v) is 11.4. The molecular formula is C28H26F2N6O3S. The van der Waals surface area contributed by atoms with Gasteiger partial charge in [0.15, 0.2) is 5.82 Å². The molecule has 0 spiro atoms. The van der Waals surface area contributed by atoms with Crippen molar-refractivity contribution in [1.82, 2.24) is 24.7 Å². The third-order valence-corrected chi connectivity index (χ3v) is 7.10. The minimum atomic E-state index is -3.22. The standard InChI is InChI=1S/C28H26F2N6O3S/c1-3-39-20-14-23(29)22(24(30)15-20)17-36-25-7-5-4-6-21(25)26(35-36)28-32-16-18(10-13-40(2,37)38)27(34-28)33-19-8-11-31-12-9-19/h4-9,11-12,14-16H,3,10,13,17H2,1-2H3,(H,31,32,33,34). The van der Waals surface area contributed by atoms with Crippen LogP contribution in [0.2, 0.25) is 0 Å².